The summed E-state index contributed by atoms with van der Waals surface area (Å²) in [6.07, 6.45) is 4.60. The minimum atomic E-state index is -0.325. The van der Waals surface area contributed by atoms with Crippen LogP contribution in [0, 0.1) is 11.7 Å². The van der Waals surface area contributed by atoms with Gasteiger partial charge in [0.1, 0.15) is 17.7 Å². The zero-order chi connectivity index (χ0) is 16.5. The third-order valence-corrected chi connectivity index (χ3v) is 4.50. The molecule has 7 heteroatoms. The molecule has 0 aliphatic carbocycles. The van der Waals surface area contributed by atoms with Gasteiger partial charge in [0.25, 0.3) is 0 Å². The number of hydrogen-bond donors (Lipinski definition) is 1. The molecule has 0 radical (unpaired) electrons. The molecule has 0 atom stereocenters. The molecule has 1 aromatic carbocycles. The van der Waals surface area contributed by atoms with E-state index in [0.717, 1.165) is 37.3 Å². The van der Waals surface area contributed by atoms with Gasteiger partial charge in [0, 0.05) is 24.6 Å². The Labute approximate surface area is 137 Å². The Morgan fingerprint density at radius 2 is 1.88 bits per heavy atom. The fourth-order valence-electron chi connectivity index (χ4n) is 3.20. The molecule has 4 rings (SSSR count). The summed E-state index contributed by atoms with van der Waals surface area (Å²) in [5.41, 5.74) is 2.04. The molecule has 1 fully saturated rings. The molecular formula is C17H16FN5O. The number of imidazole rings is 1. The molecule has 2 aromatic heterocycles. The summed E-state index contributed by atoms with van der Waals surface area (Å²) in [7, 11) is 0. The number of nitrogens with one attached hydrogen (secondary N) is 1. The Hall–Kier alpha value is -2.83. The molecular weight excluding hydrogens is 309 g/mol. The number of aromatic amines is 1. The first-order valence-corrected chi connectivity index (χ1v) is 7.91. The molecule has 3 heterocycles. The average molecular weight is 325 g/mol. The van der Waals surface area contributed by atoms with E-state index in [2.05, 4.69) is 24.8 Å². The van der Waals surface area contributed by atoms with Gasteiger partial charge in [-0.3, -0.25) is 4.79 Å². The molecule has 1 saturated heterocycles. The number of ketones is 1. The Balaban J connectivity index is 1.48. The number of halogens is 1. The summed E-state index contributed by atoms with van der Waals surface area (Å²) in [4.78, 5) is 30.4. The van der Waals surface area contributed by atoms with Gasteiger partial charge in [0.15, 0.2) is 17.2 Å². The third-order valence-electron chi connectivity index (χ3n) is 4.50. The highest BCUT2D eigenvalue weighted by Gasteiger charge is 2.27. The van der Waals surface area contributed by atoms with Crippen LogP contribution in [0.5, 0.6) is 0 Å². The Morgan fingerprint density at radius 3 is 2.62 bits per heavy atom. The van der Waals surface area contributed by atoms with Crippen molar-refractivity contribution in [1.82, 2.24) is 19.9 Å². The van der Waals surface area contributed by atoms with E-state index < -0.39 is 0 Å². The number of carbonyl (C=O) groups excluding carboxylic acids is 1. The fraction of sp³-hybridized carbons (Fsp3) is 0.294. The van der Waals surface area contributed by atoms with Gasteiger partial charge in [-0.25, -0.2) is 19.3 Å². The highest BCUT2D eigenvalue weighted by molar-refractivity contribution is 5.98. The van der Waals surface area contributed by atoms with Gasteiger partial charge in [-0.15, -0.1) is 0 Å². The van der Waals surface area contributed by atoms with E-state index >= 15 is 0 Å². The first kappa shape index (κ1) is 14.7. The second kappa shape index (κ2) is 5.99. The maximum atomic E-state index is 13.0. The predicted octanol–water partition coefficient (Wildman–Crippen LogP) is 2.59. The van der Waals surface area contributed by atoms with E-state index in [1.54, 1.807) is 18.5 Å². The van der Waals surface area contributed by atoms with E-state index in [4.69, 9.17) is 0 Å². The van der Waals surface area contributed by atoms with Gasteiger partial charge in [0.2, 0.25) is 0 Å². The lowest BCUT2D eigenvalue weighted by atomic mass is 9.89. The number of anilines is 1. The van der Waals surface area contributed by atoms with Crippen molar-refractivity contribution >= 4 is 22.8 Å². The summed E-state index contributed by atoms with van der Waals surface area (Å²) in [6, 6.07) is 5.78. The van der Waals surface area contributed by atoms with Gasteiger partial charge < -0.3 is 9.88 Å². The number of Topliss-reactive ketones (excluding diaryl/α,β-unsaturated/α-hetero) is 1. The molecule has 0 spiro atoms. The van der Waals surface area contributed by atoms with Crippen molar-refractivity contribution in [2.75, 3.05) is 18.0 Å². The van der Waals surface area contributed by atoms with Crippen molar-refractivity contribution < 1.29 is 9.18 Å². The number of rotatable bonds is 3. The fourth-order valence-corrected chi connectivity index (χ4v) is 3.20. The van der Waals surface area contributed by atoms with E-state index in [1.807, 2.05) is 0 Å². The highest BCUT2D eigenvalue weighted by Crippen LogP contribution is 2.27. The van der Waals surface area contributed by atoms with Crippen LogP contribution >= 0.6 is 0 Å². The lowest BCUT2D eigenvalue weighted by Gasteiger charge is -2.32. The second-order valence-electron chi connectivity index (χ2n) is 5.93. The minimum Gasteiger partial charge on any atom is -0.355 e. The first-order chi connectivity index (χ1) is 11.7. The Kier molecular flexibility index (Phi) is 3.68. The van der Waals surface area contributed by atoms with Gasteiger partial charge in [-0.1, -0.05) is 0 Å². The van der Waals surface area contributed by atoms with Crippen LogP contribution in [-0.4, -0.2) is 38.8 Å². The van der Waals surface area contributed by atoms with Crippen LogP contribution in [0.15, 0.2) is 36.9 Å². The molecule has 122 valence electrons. The molecule has 0 bridgehead atoms. The van der Waals surface area contributed by atoms with E-state index in [9.17, 15) is 9.18 Å². The maximum absolute atomic E-state index is 13.0. The van der Waals surface area contributed by atoms with Crippen LogP contribution in [0.3, 0.4) is 0 Å². The monoisotopic (exact) mass is 325 g/mol. The minimum absolute atomic E-state index is 0.0363. The van der Waals surface area contributed by atoms with E-state index in [-0.39, 0.29) is 17.5 Å². The van der Waals surface area contributed by atoms with Gasteiger partial charge >= 0.3 is 0 Å². The van der Waals surface area contributed by atoms with Crippen LogP contribution < -0.4 is 4.90 Å². The number of piperidine rings is 1. The summed E-state index contributed by atoms with van der Waals surface area (Å²) in [6.45, 7) is 1.48. The maximum Gasteiger partial charge on any atom is 0.182 e. The average Bonchev–Trinajstić information content (AvgIpc) is 3.11. The SMILES string of the molecule is O=C(c1ccc(F)cc1)C1CCN(c2ncnc3nc[nH]c23)CC1. The van der Waals surface area contributed by atoms with Gasteiger partial charge in [-0.2, -0.15) is 0 Å². The van der Waals surface area contributed by atoms with Gasteiger partial charge in [0.05, 0.1) is 6.33 Å². The first-order valence-electron chi connectivity index (χ1n) is 7.91. The van der Waals surface area contributed by atoms with Crippen LogP contribution in [-0.2, 0) is 0 Å². The van der Waals surface area contributed by atoms with Crippen molar-refractivity contribution in [2.45, 2.75) is 12.8 Å². The smallest absolute Gasteiger partial charge is 0.182 e. The number of fused-ring (bicyclic) bond motifs is 1. The molecule has 6 nitrogen and oxygen atoms in total. The molecule has 3 aromatic rings. The van der Waals surface area contributed by atoms with Crippen molar-refractivity contribution in [3.8, 4) is 0 Å². The van der Waals surface area contributed by atoms with E-state index in [0.29, 0.717) is 11.2 Å². The molecule has 0 unspecified atom stereocenters. The van der Waals surface area contributed by atoms with E-state index in [1.165, 1.54) is 18.5 Å². The van der Waals surface area contributed by atoms with Crippen molar-refractivity contribution in [2.24, 2.45) is 5.92 Å². The summed E-state index contributed by atoms with van der Waals surface area (Å²) < 4.78 is 13.0. The predicted molar refractivity (Wildman–Crippen MR) is 87.4 cm³/mol. The van der Waals surface area contributed by atoms with Crippen LogP contribution in [0.25, 0.3) is 11.2 Å². The zero-order valence-electron chi connectivity index (χ0n) is 12.9. The highest BCUT2D eigenvalue weighted by atomic mass is 19.1. The number of aromatic nitrogens is 4. The zero-order valence-corrected chi connectivity index (χ0v) is 12.9. The normalized spacial score (nSPS) is 15.8. The Morgan fingerprint density at radius 1 is 1.12 bits per heavy atom. The number of benzene rings is 1. The lowest BCUT2D eigenvalue weighted by molar-refractivity contribution is 0.0900. The summed E-state index contributed by atoms with van der Waals surface area (Å²) in [5, 5.41) is 0. The molecule has 1 aliphatic heterocycles. The van der Waals surface area contributed by atoms with Crippen LogP contribution in [0.2, 0.25) is 0 Å². The van der Waals surface area contributed by atoms with Crippen LogP contribution in [0.1, 0.15) is 23.2 Å². The lowest BCUT2D eigenvalue weighted by Crippen LogP contribution is -2.37. The summed E-state index contributed by atoms with van der Waals surface area (Å²) >= 11 is 0. The van der Waals surface area contributed by atoms with Crippen LogP contribution in [0.4, 0.5) is 10.2 Å². The van der Waals surface area contributed by atoms with Gasteiger partial charge in [-0.05, 0) is 37.1 Å². The van der Waals surface area contributed by atoms with Crippen molar-refractivity contribution in [1.29, 1.82) is 0 Å². The van der Waals surface area contributed by atoms with Crippen molar-refractivity contribution in [3.63, 3.8) is 0 Å². The Bertz CT molecular complexity index is 868. The molecule has 0 amide bonds. The molecule has 1 N–H and O–H groups in total. The largest absolute Gasteiger partial charge is 0.355 e. The topological polar surface area (TPSA) is 74.8 Å². The van der Waals surface area contributed by atoms with Crippen molar-refractivity contribution in [3.05, 3.63) is 48.3 Å². The standard InChI is InChI=1S/C17H16FN5O/c18-13-3-1-11(2-4-13)15(24)12-5-7-23(8-6-12)17-14-16(20-9-19-14)21-10-22-17/h1-4,9-10,12H,5-8H2,(H,19,20,21,22). The molecule has 24 heavy (non-hydrogen) atoms. The molecule has 0 saturated carbocycles. The number of carbonyl (C=O) groups is 1. The third kappa shape index (κ3) is 2.62. The molecule has 1 aliphatic rings. The summed E-state index contributed by atoms with van der Waals surface area (Å²) in [5.74, 6) is 0.550. The quantitative estimate of drug-likeness (QED) is 0.749. The number of hydrogen-bond acceptors (Lipinski definition) is 5. The number of H-pyrrole nitrogens is 1. The second-order valence-corrected chi connectivity index (χ2v) is 5.93. The number of nitrogens with zero attached hydrogens (tertiary/aromatic N) is 4.